The van der Waals surface area contributed by atoms with Gasteiger partial charge in [-0.3, -0.25) is 4.79 Å². The van der Waals surface area contributed by atoms with E-state index in [1.807, 2.05) is 0 Å². The highest BCUT2D eigenvalue weighted by atomic mass is 32.2. The van der Waals surface area contributed by atoms with Gasteiger partial charge in [-0.2, -0.15) is 25.9 Å². The van der Waals surface area contributed by atoms with E-state index in [9.17, 15) is 34.8 Å². The van der Waals surface area contributed by atoms with Gasteiger partial charge < -0.3 is 8.92 Å². The SMILES string of the molecule is COC(=O)C1CCS(=O)(=O)N1Cc1ccc(OS(=O)(=O)C(F)(F)F)cc1. The second kappa shape index (κ2) is 7.04. The molecule has 0 bridgehead atoms. The van der Waals surface area contributed by atoms with Crippen LogP contribution in [0.2, 0.25) is 0 Å². The smallest absolute Gasteiger partial charge is 0.468 e. The molecule has 0 spiro atoms. The standard InChI is InChI=1S/C13H14F3NO7S2/c1-23-12(18)11-6-7-25(19,20)17(11)8-9-2-4-10(5-3-9)24-26(21,22)13(14,15)16/h2-5,11H,6-8H2,1H3. The minimum absolute atomic E-state index is 0.0556. The van der Waals surface area contributed by atoms with Crippen molar-refractivity contribution in [2.75, 3.05) is 12.9 Å². The van der Waals surface area contributed by atoms with Gasteiger partial charge in [-0.15, -0.1) is 0 Å². The molecule has 0 saturated carbocycles. The predicted molar refractivity (Wildman–Crippen MR) is 81.8 cm³/mol. The fourth-order valence-electron chi connectivity index (χ4n) is 2.30. The van der Waals surface area contributed by atoms with E-state index in [-0.39, 0.29) is 18.7 Å². The van der Waals surface area contributed by atoms with Gasteiger partial charge >= 0.3 is 21.6 Å². The summed E-state index contributed by atoms with van der Waals surface area (Å²) in [5.41, 5.74) is -5.25. The van der Waals surface area contributed by atoms with Crippen molar-refractivity contribution in [2.45, 2.75) is 24.5 Å². The molecular formula is C13H14F3NO7S2. The molecule has 0 radical (unpaired) electrons. The van der Waals surface area contributed by atoms with Crippen molar-refractivity contribution in [3.05, 3.63) is 29.8 Å². The van der Waals surface area contributed by atoms with E-state index >= 15 is 0 Å². The molecule has 1 aliphatic heterocycles. The van der Waals surface area contributed by atoms with Gasteiger partial charge in [-0.1, -0.05) is 12.1 Å². The van der Waals surface area contributed by atoms with E-state index in [4.69, 9.17) is 0 Å². The number of carbonyl (C=O) groups is 1. The summed E-state index contributed by atoms with van der Waals surface area (Å²) in [6.07, 6.45) is 0.0556. The lowest BCUT2D eigenvalue weighted by Gasteiger charge is -2.21. The number of hydrogen-bond acceptors (Lipinski definition) is 7. The lowest BCUT2D eigenvalue weighted by Crippen LogP contribution is -2.38. The fraction of sp³-hybridized carbons (Fsp3) is 0.462. The summed E-state index contributed by atoms with van der Waals surface area (Å²) in [5.74, 6) is -1.54. The molecule has 26 heavy (non-hydrogen) atoms. The number of alkyl halides is 3. The zero-order valence-corrected chi connectivity index (χ0v) is 14.9. The summed E-state index contributed by atoms with van der Waals surface area (Å²) in [5, 5.41) is 0. The Labute approximate surface area is 147 Å². The Kier molecular flexibility index (Phi) is 5.54. The van der Waals surface area contributed by atoms with E-state index in [2.05, 4.69) is 8.92 Å². The van der Waals surface area contributed by atoms with Crippen LogP contribution >= 0.6 is 0 Å². The number of ether oxygens (including phenoxy) is 1. The molecule has 1 heterocycles. The molecule has 13 heteroatoms. The van der Waals surface area contributed by atoms with Crippen LogP contribution in [0.3, 0.4) is 0 Å². The van der Waals surface area contributed by atoms with E-state index in [0.717, 1.165) is 23.5 Å². The van der Waals surface area contributed by atoms with E-state index in [0.29, 0.717) is 5.56 Å². The molecule has 1 aromatic rings. The van der Waals surface area contributed by atoms with Gasteiger partial charge in [0.05, 0.1) is 12.9 Å². The van der Waals surface area contributed by atoms with Crippen LogP contribution in [-0.4, -0.2) is 51.5 Å². The van der Waals surface area contributed by atoms with Gasteiger partial charge in [0.15, 0.2) is 0 Å². The molecule has 8 nitrogen and oxygen atoms in total. The highest BCUT2D eigenvalue weighted by molar-refractivity contribution is 7.89. The quantitative estimate of drug-likeness (QED) is 0.400. The van der Waals surface area contributed by atoms with Crippen LogP contribution in [-0.2, 0) is 36.2 Å². The van der Waals surface area contributed by atoms with Crippen molar-refractivity contribution in [1.82, 2.24) is 4.31 Å². The highest BCUT2D eigenvalue weighted by Crippen LogP contribution is 2.28. The average molecular weight is 417 g/mol. The normalized spacial score (nSPS) is 20.7. The molecule has 146 valence electrons. The Morgan fingerprint density at radius 3 is 2.35 bits per heavy atom. The Hall–Kier alpha value is -1.86. The van der Waals surface area contributed by atoms with Crippen LogP contribution in [0, 0.1) is 0 Å². The third-order valence-corrected chi connectivity index (χ3v) is 6.41. The molecular weight excluding hydrogens is 403 g/mol. The first-order chi connectivity index (χ1) is 11.9. The molecule has 0 aliphatic carbocycles. The molecule has 1 aliphatic rings. The fourth-order valence-corrected chi connectivity index (χ4v) is 4.44. The summed E-state index contributed by atoms with van der Waals surface area (Å²) in [7, 11) is -8.36. The minimum Gasteiger partial charge on any atom is -0.468 e. The molecule has 2 rings (SSSR count). The van der Waals surface area contributed by atoms with Crippen molar-refractivity contribution in [2.24, 2.45) is 0 Å². The number of benzene rings is 1. The van der Waals surface area contributed by atoms with Crippen molar-refractivity contribution < 1.29 is 43.7 Å². The Morgan fingerprint density at radius 2 is 1.85 bits per heavy atom. The van der Waals surface area contributed by atoms with Gasteiger partial charge in [0.25, 0.3) is 0 Å². The third kappa shape index (κ3) is 4.27. The summed E-state index contributed by atoms with van der Waals surface area (Å²) >= 11 is 0. The number of carbonyl (C=O) groups excluding carboxylic acids is 1. The van der Waals surface area contributed by atoms with Gasteiger partial charge in [-0.05, 0) is 24.1 Å². The lowest BCUT2D eigenvalue weighted by molar-refractivity contribution is -0.145. The summed E-state index contributed by atoms with van der Waals surface area (Å²) < 4.78 is 92.2. The number of esters is 1. The molecule has 1 saturated heterocycles. The predicted octanol–water partition coefficient (Wildman–Crippen LogP) is 0.992. The van der Waals surface area contributed by atoms with Crippen molar-refractivity contribution in [1.29, 1.82) is 0 Å². The van der Waals surface area contributed by atoms with Crippen LogP contribution in [0.1, 0.15) is 12.0 Å². The minimum atomic E-state index is -5.80. The van der Waals surface area contributed by atoms with Gasteiger partial charge in [-0.25, -0.2) is 8.42 Å². The van der Waals surface area contributed by atoms with Crippen LogP contribution in [0.5, 0.6) is 5.75 Å². The Bertz CT molecular complexity index is 879. The van der Waals surface area contributed by atoms with Crippen molar-refractivity contribution >= 4 is 26.1 Å². The second-order valence-electron chi connectivity index (χ2n) is 5.32. The second-order valence-corrected chi connectivity index (χ2v) is 8.89. The largest absolute Gasteiger partial charge is 0.534 e. The Balaban J connectivity index is 2.17. The topological polar surface area (TPSA) is 107 Å². The molecule has 0 N–H and O–H groups in total. The van der Waals surface area contributed by atoms with Crippen molar-refractivity contribution in [3.63, 3.8) is 0 Å². The van der Waals surface area contributed by atoms with E-state index in [1.165, 1.54) is 12.1 Å². The summed E-state index contributed by atoms with van der Waals surface area (Å²) in [6.45, 7) is -0.228. The maximum atomic E-state index is 12.3. The number of halogens is 3. The molecule has 1 atom stereocenters. The first-order valence-electron chi connectivity index (χ1n) is 7.04. The average Bonchev–Trinajstić information content (AvgIpc) is 2.82. The summed E-state index contributed by atoms with van der Waals surface area (Å²) in [4.78, 5) is 11.7. The van der Waals surface area contributed by atoms with Crippen LogP contribution in [0.15, 0.2) is 24.3 Å². The number of sulfonamides is 1. The first kappa shape index (κ1) is 20.5. The van der Waals surface area contributed by atoms with Crippen LogP contribution in [0.25, 0.3) is 0 Å². The number of rotatable bonds is 5. The molecule has 0 amide bonds. The van der Waals surface area contributed by atoms with Gasteiger partial charge in [0, 0.05) is 6.54 Å². The molecule has 1 fully saturated rings. The highest BCUT2D eigenvalue weighted by Gasteiger charge is 2.48. The zero-order chi connectivity index (χ0) is 19.8. The number of hydrogen-bond donors (Lipinski definition) is 0. The van der Waals surface area contributed by atoms with E-state index < -0.39 is 43.4 Å². The summed E-state index contributed by atoms with van der Waals surface area (Å²) in [6, 6.07) is 3.31. The zero-order valence-electron chi connectivity index (χ0n) is 13.3. The van der Waals surface area contributed by atoms with E-state index in [1.54, 1.807) is 0 Å². The van der Waals surface area contributed by atoms with Crippen LogP contribution < -0.4 is 4.18 Å². The Morgan fingerprint density at radius 1 is 1.27 bits per heavy atom. The van der Waals surface area contributed by atoms with Gasteiger partial charge in [0.1, 0.15) is 11.8 Å². The van der Waals surface area contributed by atoms with Crippen LogP contribution in [0.4, 0.5) is 13.2 Å². The van der Waals surface area contributed by atoms with Gasteiger partial charge in [0.2, 0.25) is 10.0 Å². The number of nitrogens with zero attached hydrogens (tertiary/aromatic N) is 1. The number of methoxy groups -OCH3 is 1. The monoisotopic (exact) mass is 417 g/mol. The molecule has 1 aromatic carbocycles. The molecule has 0 aromatic heterocycles. The lowest BCUT2D eigenvalue weighted by atomic mass is 10.2. The first-order valence-corrected chi connectivity index (χ1v) is 10.1. The third-order valence-electron chi connectivity index (χ3n) is 3.58. The maximum Gasteiger partial charge on any atom is 0.534 e. The maximum absolute atomic E-state index is 12.3. The van der Waals surface area contributed by atoms with Crippen molar-refractivity contribution in [3.8, 4) is 5.75 Å². The molecule has 1 unspecified atom stereocenters.